The van der Waals surface area contributed by atoms with Gasteiger partial charge in [0.15, 0.2) is 5.76 Å². The molecule has 0 saturated heterocycles. The number of carbonyl (C=O) groups is 3. The van der Waals surface area contributed by atoms with Gasteiger partial charge in [-0.25, -0.2) is 4.79 Å². The summed E-state index contributed by atoms with van der Waals surface area (Å²) >= 11 is 0. The van der Waals surface area contributed by atoms with Crippen molar-refractivity contribution in [2.24, 2.45) is 0 Å². The Hall–Kier alpha value is -4.34. The average molecular weight is 452 g/mol. The number of oxazole rings is 1. The van der Waals surface area contributed by atoms with Gasteiger partial charge in [-0.05, 0) is 51.1 Å². The Labute approximate surface area is 190 Å². The number of carbonyl (C=O) groups excluding carboxylic acids is 3. The van der Waals surface area contributed by atoms with Crippen LogP contribution < -0.4 is 20.7 Å². The van der Waals surface area contributed by atoms with Gasteiger partial charge in [0, 0.05) is 22.6 Å². The summed E-state index contributed by atoms with van der Waals surface area (Å²) in [5.41, 5.74) is 1.11. The molecule has 33 heavy (non-hydrogen) atoms. The second-order valence-electron chi connectivity index (χ2n) is 7.89. The lowest BCUT2D eigenvalue weighted by Gasteiger charge is -2.19. The van der Waals surface area contributed by atoms with Crippen LogP contribution in [0.2, 0.25) is 0 Å². The zero-order valence-electron chi connectivity index (χ0n) is 18.6. The maximum absolute atomic E-state index is 12.4. The molecule has 0 atom stereocenters. The van der Waals surface area contributed by atoms with Crippen molar-refractivity contribution in [1.29, 1.82) is 0 Å². The van der Waals surface area contributed by atoms with E-state index in [2.05, 4.69) is 20.9 Å². The van der Waals surface area contributed by atoms with E-state index >= 15 is 0 Å². The molecule has 10 heteroatoms. The number of ether oxygens (including phenoxy) is 2. The van der Waals surface area contributed by atoms with Gasteiger partial charge in [0.1, 0.15) is 5.60 Å². The summed E-state index contributed by atoms with van der Waals surface area (Å²) in [5, 5.41) is 7.60. The van der Waals surface area contributed by atoms with Crippen LogP contribution in [0.15, 0.2) is 59.1 Å². The van der Waals surface area contributed by atoms with Crippen LogP contribution in [-0.4, -0.2) is 35.6 Å². The molecule has 0 unspecified atom stereocenters. The topological polar surface area (TPSA) is 132 Å². The molecule has 3 N–H and O–H groups in total. The molecule has 0 saturated carbocycles. The summed E-state index contributed by atoms with van der Waals surface area (Å²) in [6.45, 7) is 5.25. The van der Waals surface area contributed by atoms with Gasteiger partial charge >= 0.3 is 24.0 Å². The summed E-state index contributed by atoms with van der Waals surface area (Å²) < 4.78 is 15.5. The molecule has 0 radical (unpaired) electrons. The molecule has 3 amide bonds. The minimum absolute atomic E-state index is 0.113. The Morgan fingerprint density at radius 1 is 0.879 bits per heavy atom. The van der Waals surface area contributed by atoms with E-state index in [1.165, 1.54) is 19.4 Å². The highest BCUT2D eigenvalue weighted by Gasteiger charge is 2.18. The highest BCUT2D eigenvalue weighted by Crippen LogP contribution is 2.26. The van der Waals surface area contributed by atoms with Crippen molar-refractivity contribution in [1.82, 2.24) is 4.98 Å². The molecule has 0 bridgehead atoms. The molecule has 10 nitrogen and oxygen atoms in total. The van der Waals surface area contributed by atoms with E-state index in [0.717, 1.165) is 0 Å². The number of hydrogen-bond acceptors (Lipinski definition) is 7. The molecule has 0 aliphatic carbocycles. The third-order valence-corrected chi connectivity index (χ3v) is 4.04. The lowest BCUT2D eigenvalue weighted by molar-refractivity contribution is -0.132. The zero-order chi connectivity index (χ0) is 24.0. The predicted molar refractivity (Wildman–Crippen MR) is 122 cm³/mol. The molecular weight excluding hydrogens is 428 g/mol. The largest absolute Gasteiger partial charge is 0.454 e. The predicted octanol–water partition coefficient (Wildman–Crippen LogP) is 4.27. The molecule has 0 aliphatic heterocycles. The van der Waals surface area contributed by atoms with Crippen molar-refractivity contribution in [2.45, 2.75) is 26.4 Å². The fourth-order valence-corrected chi connectivity index (χ4v) is 2.71. The number of nitrogens with one attached hydrogen (secondary N) is 3. The average Bonchev–Trinajstić information content (AvgIpc) is 3.22. The third-order valence-electron chi connectivity index (χ3n) is 4.04. The zero-order valence-corrected chi connectivity index (χ0v) is 18.6. The van der Waals surface area contributed by atoms with Crippen molar-refractivity contribution >= 4 is 35.0 Å². The number of hydrogen-bond donors (Lipinski definition) is 3. The molecule has 172 valence electrons. The van der Waals surface area contributed by atoms with Gasteiger partial charge in [0.05, 0.1) is 13.3 Å². The van der Waals surface area contributed by atoms with Crippen LogP contribution in [0.3, 0.4) is 0 Å². The molecular formula is C23H24N4O6. The van der Waals surface area contributed by atoms with Gasteiger partial charge in [-0.1, -0.05) is 18.2 Å². The number of anilines is 3. The fourth-order valence-electron chi connectivity index (χ4n) is 2.71. The standard InChI is InChI=1S/C23H24N4O6/c1-23(2,3)33-21(30)27-17-10-6-9-16(12-17)26-20(29)19(28)25-15-8-5-7-14(11-15)18-13-24-22(31-4)32-18/h5-13H,1-4H3,(H,25,28)(H,26,29)(H,27,30). The van der Waals surface area contributed by atoms with Gasteiger partial charge in [-0.15, -0.1) is 0 Å². The van der Waals surface area contributed by atoms with Crippen LogP contribution in [0.5, 0.6) is 6.08 Å². The van der Waals surface area contributed by atoms with Crippen molar-refractivity contribution in [2.75, 3.05) is 23.1 Å². The first-order valence-corrected chi connectivity index (χ1v) is 9.95. The van der Waals surface area contributed by atoms with E-state index in [-0.39, 0.29) is 6.08 Å². The van der Waals surface area contributed by atoms with Crippen LogP contribution in [-0.2, 0) is 14.3 Å². The second-order valence-corrected chi connectivity index (χ2v) is 7.89. The molecule has 0 spiro atoms. The van der Waals surface area contributed by atoms with Crippen LogP contribution in [0, 0.1) is 0 Å². The normalized spacial score (nSPS) is 10.8. The Morgan fingerprint density at radius 3 is 2.03 bits per heavy atom. The van der Waals surface area contributed by atoms with Crippen molar-refractivity contribution < 1.29 is 28.3 Å². The summed E-state index contributed by atoms with van der Waals surface area (Å²) in [7, 11) is 1.44. The van der Waals surface area contributed by atoms with Crippen LogP contribution in [0.4, 0.5) is 21.9 Å². The van der Waals surface area contributed by atoms with Gasteiger partial charge in [0.2, 0.25) is 0 Å². The Bertz CT molecular complexity index is 1170. The maximum atomic E-state index is 12.4. The highest BCUT2D eigenvalue weighted by molar-refractivity contribution is 6.43. The van der Waals surface area contributed by atoms with Gasteiger partial charge < -0.3 is 24.5 Å². The highest BCUT2D eigenvalue weighted by atomic mass is 16.6. The minimum Gasteiger partial charge on any atom is -0.454 e. The molecule has 1 aromatic heterocycles. The lowest BCUT2D eigenvalue weighted by atomic mass is 10.1. The Morgan fingerprint density at radius 2 is 1.45 bits per heavy atom. The number of aromatic nitrogens is 1. The number of methoxy groups -OCH3 is 1. The third kappa shape index (κ3) is 6.82. The van der Waals surface area contributed by atoms with Crippen LogP contribution in [0.1, 0.15) is 20.8 Å². The monoisotopic (exact) mass is 452 g/mol. The molecule has 0 fully saturated rings. The van der Waals surface area contributed by atoms with E-state index in [9.17, 15) is 14.4 Å². The summed E-state index contributed by atoms with van der Waals surface area (Å²) in [5.74, 6) is -1.30. The van der Waals surface area contributed by atoms with E-state index in [4.69, 9.17) is 13.9 Å². The summed E-state index contributed by atoms with van der Waals surface area (Å²) in [6.07, 6.45) is 0.973. The number of benzene rings is 2. The van der Waals surface area contributed by atoms with Crippen LogP contribution in [0.25, 0.3) is 11.3 Å². The Balaban J connectivity index is 1.61. The Kier molecular flexibility index (Phi) is 6.97. The quantitative estimate of drug-likeness (QED) is 0.492. The van der Waals surface area contributed by atoms with Crippen molar-refractivity contribution in [3.05, 3.63) is 54.7 Å². The first-order chi connectivity index (χ1) is 15.6. The van der Waals surface area contributed by atoms with Gasteiger partial charge in [0.25, 0.3) is 0 Å². The number of rotatable bonds is 5. The molecule has 3 rings (SSSR count). The van der Waals surface area contributed by atoms with Crippen molar-refractivity contribution in [3.8, 4) is 17.4 Å². The molecule has 1 heterocycles. The lowest BCUT2D eigenvalue weighted by Crippen LogP contribution is -2.29. The molecule has 2 aromatic carbocycles. The smallest absolute Gasteiger partial charge is 0.412 e. The summed E-state index contributed by atoms with van der Waals surface area (Å²) in [4.78, 5) is 40.6. The van der Waals surface area contributed by atoms with Gasteiger partial charge in [-0.2, -0.15) is 4.98 Å². The SMILES string of the molecule is COc1ncc(-c2cccc(NC(=O)C(=O)Nc3cccc(NC(=O)OC(C)(C)C)c3)c2)o1. The van der Waals surface area contributed by atoms with E-state index in [0.29, 0.717) is 28.4 Å². The minimum atomic E-state index is -0.879. The van der Waals surface area contributed by atoms with Crippen LogP contribution >= 0.6 is 0 Å². The number of nitrogens with zero attached hydrogens (tertiary/aromatic N) is 1. The maximum Gasteiger partial charge on any atom is 0.412 e. The van der Waals surface area contributed by atoms with E-state index < -0.39 is 23.5 Å². The summed E-state index contributed by atoms with van der Waals surface area (Å²) in [6, 6.07) is 13.1. The first kappa shape index (κ1) is 23.3. The molecule has 0 aliphatic rings. The van der Waals surface area contributed by atoms with Gasteiger partial charge in [-0.3, -0.25) is 14.9 Å². The first-order valence-electron chi connectivity index (χ1n) is 9.95. The molecule has 3 aromatic rings. The second kappa shape index (κ2) is 9.86. The fraction of sp³-hybridized carbons (Fsp3) is 0.217. The number of amides is 3. The van der Waals surface area contributed by atoms with E-state index in [1.807, 2.05) is 0 Å². The van der Waals surface area contributed by atoms with E-state index in [1.54, 1.807) is 63.2 Å². The van der Waals surface area contributed by atoms with Crippen molar-refractivity contribution in [3.63, 3.8) is 0 Å².